The molecular weight excluding hydrogens is 258 g/mol. The number of hydrogen-bond donors (Lipinski definition) is 1. The lowest BCUT2D eigenvalue weighted by molar-refractivity contribution is 0.261. The Morgan fingerprint density at radius 3 is 2.65 bits per heavy atom. The third-order valence-corrected chi connectivity index (χ3v) is 2.68. The molecule has 0 amide bonds. The fourth-order valence-electron chi connectivity index (χ4n) is 1.77. The Morgan fingerprint density at radius 2 is 1.95 bits per heavy atom. The van der Waals surface area contributed by atoms with E-state index in [4.69, 9.17) is 14.6 Å². The maximum absolute atomic E-state index is 8.82. The van der Waals surface area contributed by atoms with Crippen LogP contribution in [0.5, 0.6) is 11.5 Å². The highest BCUT2D eigenvalue weighted by atomic mass is 16.5. The molecule has 0 aliphatic rings. The monoisotopic (exact) mass is 277 g/mol. The zero-order valence-corrected chi connectivity index (χ0v) is 11.5. The zero-order chi connectivity index (χ0) is 14.2. The lowest BCUT2D eigenvalue weighted by atomic mass is 10.3. The third kappa shape index (κ3) is 3.96. The minimum absolute atomic E-state index is 0.0803. The first-order chi connectivity index (χ1) is 9.83. The fourth-order valence-corrected chi connectivity index (χ4v) is 1.77. The van der Waals surface area contributed by atoms with Crippen molar-refractivity contribution in [3.63, 3.8) is 0 Å². The molecule has 6 heteroatoms. The summed E-state index contributed by atoms with van der Waals surface area (Å²) in [6, 6.07) is 7.58. The van der Waals surface area contributed by atoms with E-state index in [2.05, 4.69) is 10.3 Å². The van der Waals surface area contributed by atoms with E-state index in [0.717, 1.165) is 17.2 Å². The Bertz CT molecular complexity index is 528. The van der Waals surface area contributed by atoms with E-state index >= 15 is 0 Å². The molecule has 6 nitrogen and oxygen atoms in total. The second kappa shape index (κ2) is 7.49. The van der Waals surface area contributed by atoms with Gasteiger partial charge in [-0.2, -0.15) is 0 Å². The fraction of sp³-hybridized carbons (Fsp3) is 0.429. The predicted octanol–water partition coefficient (Wildman–Crippen LogP) is 1.29. The van der Waals surface area contributed by atoms with Gasteiger partial charge in [0.2, 0.25) is 0 Å². The maximum atomic E-state index is 8.82. The molecule has 0 bridgehead atoms. The average molecular weight is 277 g/mol. The van der Waals surface area contributed by atoms with Crippen LogP contribution < -0.4 is 9.47 Å². The SMILES string of the molecule is CCOc1ccccc1OCCn1cc(CCO)nn1. The Hall–Kier alpha value is -2.08. The quantitative estimate of drug-likeness (QED) is 0.787. The molecule has 0 atom stereocenters. The first kappa shape index (κ1) is 14.3. The number of aliphatic hydroxyl groups is 1. The van der Waals surface area contributed by atoms with Crippen LogP contribution in [0.4, 0.5) is 0 Å². The molecule has 2 rings (SSSR count). The highest BCUT2D eigenvalue weighted by Crippen LogP contribution is 2.26. The molecule has 0 unspecified atom stereocenters. The van der Waals surface area contributed by atoms with Gasteiger partial charge >= 0.3 is 0 Å². The second-order valence-electron chi connectivity index (χ2n) is 4.17. The molecule has 0 aliphatic heterocycles. The van der Waals surface area contributed by atoms with Gasteiger partial charge in [0.05, 0.1) is 18.8 Å². The van der Waals surface area contributed by atoms with Crippen LogP contribution in [-0.2, 0) is 13.0 Å². The van der Waals surface area contributed by atoms with E-state index in [-0.39, 0.29) is 6.61 Å². The Labute approximate surface area is 117 Å². The molecule has 108 valence electrons. The third-order valence-electron chi connectivity index (χ3n) is 2.68. The van der Waals surface area contributed by atoms with Gasteiger partial charge in [0.15, 0.2) is 11.5 Å². The molecule has 1 N–H and O–H groups in total. The molecule has 20 heavy (non-hydrogen) atoms. The first-order valence-electron chi connectivity index (χ1n) is 6.68. The van der Waals surface area contributed by atoms with Gasteiger partial charge in [0.25, 0.3) is 0 Å². The van der Waals surface area contributed by atoms with Gasteiger partial charge in [-0.25, -0.2) is 4.68 Å². The van der Waals surface area contributed by atoms with Gasteiger partial charge in [-0.1, -0.05) is 17.3 Å². The number of rotatable bonds is 8. The highest BCUT2D eigenvalue weighted by Gasteiger charge is 2.04. The summed E-state index contributed by atoms with van der Waals surface area (Å²) in [5.74, 6) is 1.47. The van der Waals surface area contributed by atoms with Gasteiger partial charge in [0.1, 0.15) is 6.61 Å². The molecule has 0 fully saturated rings. The summed E-state index contributed by atoms with van der Waals surface area (Å²) >= 11 is 0. The molecule has 2 aromatic rings. The van der Waals surface area contributed by atoms with E-state index in [9.17, 15) is 0 Å². The van der Waals surface area contributed by atoms with Crippen molar-refractivity contribution in [2.45, 2.75) is 19.9 Å². The van der Waals surface area contributed by atoms with Gasteiger partial charge in [-0.3, -0.25) is 0 Å². The van der Waals surface area contributed by atoms with Crippen LogP contribution in [-0.4, -0.2) is 39.9 Å². The number of aliphatic hydroxyl groups excluding tert-OH is 1. The molecular formula is C14H19N3O3. The highest BCUT2D eigenvalue weighted by molar-refractivity contribution is 5.39. The van der Waals surface area contributed by atoms with Crippen molar-refractivity contribution in [1.29, 1.82) is 0 Å². The summed E-state index contributed by atoms with van der Waals surface area (Å²) in [5.41, 5.74) is 0.780. The normalized spacial score (nSPS) is 10.5. The maximum Gasteiger partial charge on any atom is 0.161 e. The van der Waals surface area contributed by atoms with Crippen LogP contribution in [0.2, 0.25) is 0 Å². The molecule has 0 saturated heterocycles. The number of ether oxygens (including phenoxy) is 2. The van der Waals surface area contributed by atoms with E-state index in [1.54, 1.807) is 4.68 Å². The zero-order valence-electron chi connectivity index (χ0n) is 11.5. The van der Waals surface area contributed by atoms with Crippen molar-refractivity contribution >= 4 is 0 Å². The largest absolute Gasteiger partial charge is 0.490 e. The number of para-hydroxylation sites is 2. The van der Waals surface area contributed by atoms with Crippen LogP contribution in [0.25, 0.3) is 0 Å². The smallest absolute Gasteiger partial charge is 0.161 e. The van der Waals surface area contributed by atoms with E-state index in [1.165, 1.54) is 0 Å². The van der Waals surface area contributed by atoms with Crippen molar-refractivity contribution in [2.24, 2.45) is 0 Å². The number of benzene rings is 1. The first-order valence-corrected chi connectivity index (χ1v) is 6.68. The van der Waals surface area contributed by atoms with Crippen LogP contribution in [0.1, 0.15) is 12.6 Å². The van der Waals surface area contributed by atoms with Crippen LogP contribution in [0, 0.1) is 0 Å². The van der Waals surface area contributed by atoms with Crippen molar-refractivity contribution in [3.05, 3.63) is 36.2 Å². The molecule has 1 aromatic heterocycles. The number of aromatic nitrogens is 3. The summed E-state index contributed by atoms with van der Waals surface area (Å²) in [6.45, 7) is 3.70. The summed E-state index contributed by atoms with van der Waals surface area (Å²) in [6.07, 6.45) is 2.34. The number of nitrogens with zero attached hydrogens (tertiary/aromatic N) is 3. The predicted molar refractivity (Wildman–Crippen MR) is 73.9 cm³/mol. The molecule has 0 spiro atoms. The minimum Gasteiger partial charge on any atom is -0.490 e. The van der Waals surface area contributed by atoms with Gasteiger partial charge in [-0.15, -0.1) is 5.10 Å². The molecule has 0 radical (unpaired) electrons. The topological polar surface area (TPSA) is 69.4 Å². The summed E-state index contributed by atoms with van der Waals surface area (Å²) in [7, 11) is 0. The second-order valence-corrected chi connectivity index (χ2v) is 4.17. The summed E-state index contributed by atoms with van der Waals surface area (Å²) in [5, 5.41) is 16.7. The Balaban J connectivity index is 1.85. The summed E-state index contributed by atoms with van der Waals surface area (Å²) in [4.78, 5) is 0. The molecule has 1 aromatic carbocycles. The van der Waals surface area contributed by atoms with Gasteiger partial charge in [0, 0.05) is 19.2 Å². The molecule has 0 saturated carbocycles. The lowest BCUT2D eigenvalue weighted by Gasteiger charge is -2.11. The van der Waals surface area contributed by atoms with Gasteiger partial charge < -0.3 is 14.6 Å². The molecule has 0 aliphatic carbocycles. The van der Waals surface area contributed by atoms with Crippen molar-refractivity contribution in [3.8, 4) is 11.5 Å². The lowest BCUT2D eigenvalue weighted by Crippen LogP contribution is -2.09. The van der Waals surface area contributed by atoms with Crippen LogP contribution >= 0.6 is 0 Å². The van der Waals surface area contributed by atoms with Crippen molar-refractivity contribution in [1.82, 2.24) is 15.0 Å². The molecule has 1 heterocycles. The van der Waals surface area contributed by atoms with Crippen LogP contribution in [0.3, 0.4) is 0 Å². The van der Waals surface area contributed by atoms with E-state index in [1.807, 2.05) is 37.4 Å². The Kier molecular flexibility index (Phi) is 5.37. The van der Waals surface area contributed by atoms with E-state index in [0.29, 0.717) is 26.2 Å². The summed E-state index contributed by atoms with van der Waals surface area (Å²) < 4.78 is 12.9. The van der Waals surface area contributed by atoms with Gasteiger partial charge in [-0.05, 0) is 19.1 Å². The average Bonchev–Trinajstić information content (AvgIpc) is 2.89. The number of hydrogen-bond acceptors (Lipinski definition) is 5. The minimum atomic E-state index is 0.0803. The van der Waals surface area contributed by atoms with Crippen LogP contribution in [0.15, 0.2) is 30.5 Å². The standard InChI is InChI=1S/C14H19N3O3/c1-2-19-13-5-3-4-6-14(13)20-10-8-17-11-12(7-9-18)15-16-17/h3-6,11,18H,2,7-10H2,1H3. The van der Waals surface area contributed by atoms with Crippen molar-refractivity contribution < 1.29 is 14.6 Å². The Morgan fingerprint density at radius 1 is 1.20 bits per heavy atom. The van der Waals surface area contributed by atoms with E-state index < -0.39 is 0 Å². The van der Waals surface area contributed by atoms with Crippen molar-refractivity contribution in [2.75, 3.05) is 19.8 Å².